The molecule has 0 spiro atoms. The minimum Gasteiger partial charge on any atom is -0.306 e. The quantitative estimate of drug-likeness (QED) is 0.391. The molecule has 1 N–H and O–H groups in total. The summed E-state index contributed by atoms with van der Waals surface area (Å²) in [6, 6.07) is 2.49. The smallest absolute Gasteiger partial charge is 0.0960 e. The molecule has 1 aliphatic rings. The molecule has 0 amide bonds. The van der Waals surface area contributed by atoms with E-state index in [9.17, 15) is 0 Å². The van der Waals surface area contributed by atoms with Crippen LogP contribution in [0.3, 0.4) is 0 Å². The Morgan fingerprint density at radius 2 is 2.62 bits per heavy atom. The van der Waals surface area contributed by atoms with Gasteiger partial charge in [0.15, 0.2) is 0 Å². The number of nitrogens with one attached hydrogen (secondary N) is 1. The van der Waals surface area contributed by atoms with Crippen molar-refractivity contribution in [1.29, 1.82) is 5.26 Å². The van der Waals surface area contributed by atoms with Crippen LogP contribution in [-0.4, -0.2) is 12.6 Å². The lowest BCUT2D eigenvalue weighted by molar-refractivity contribution is 1.14. The second kappa shape index (κ2) is 1.97. The minimum absolute atomic E-state index is 0.380. The van der Waals surface area contributed by atoms with E-state index in [1.165, 1.54) is 0 Å². The van der Waals surface area contributed by atoms with Crippen LogP contribution in [0.25, 0.3) is 0 Å². The van der Waals surface area contributed by atoms with Crippen LogP contribution < -0.4 is 5.32 Å². The van der Waals surface area contributed by atoms with Crippen molar-refractivity contribution >= 4 is 0 Å². The van der Waals surface area contributed by atoms with Gasteiger partial charge in [0.05, 0.1) is 12.1 Å². The summed E-state index contributed by atoms with van der Waals surface area (Å²) in [4.78, 5) is 0. The maximum Gasteiger partial charge on any atom is 0.0960 e. The first-order chi connectivity index (χ1) is 3.88. The van der Waals surface area contributed by atoms with E-state index in [1.54, 1.807) is 0 Å². The largest absolute Gasteiger partial charge is 0.306 e. The Bertz CT molecular complexity index is 148. The van der Waals surface area contributed by atoms with Gasteiger partial charge in [-0.3, -0.25) is 0 Å². The lowest BCUT2D eigenvalue weighted by Gasteiger charge is -1.83. The molecule has 42 valence electrons. The molecule has 1 atom stereocenters. The van der Waals surface area contributed by atoms with Crippen molar-refractivity contribution in [1.82, 2.24) is 5.32 Å². The van der Waals surface area contributed by atoms with Gasteiger partial charge in [-0.15, -0.1) is 0 Å². The Kier molecular flexibility index (Phi) is 1.32. The molecule has 0 radical (unpaired) electrons. The average molecular weight is 108 g/mol. The monoisotopic (exact) mass is 108 g/mol. The molecule has 0 aromatic carbocycles. The van der Waals surface area contributed by atoms with Crippen LogP contribution >= 0.6 is 0 Å². The van der Waals surface area contributed by atoms with Crippen LogP contribution in [0.1, 0.15) is 6.92 Å². The van der Waals surface area contributed by atoms with Gasteiger partial charge in [0.2, 0.25) is 0 Å². The molecular formula is C6H8N2. The van der Waals surface area contributed by atoms with Gasteiger partial charge in [0.25, 0.3) is 0 Å². The van der Waals surface area contributed by atoms with Crippen LogP contribution in [0, 0.1) is 11.3 Å². The predicted octanol–water partition coefficient (Wildman–Crippen LogP) is 0.428. The van der Waals surface area contributed by atoms with Gasteiger partial charge in [0, 0.05) is 12.1 Å². The number of nitrogens with zero attached hydrogens (tertiary/aromatic N) is 1. The van der Waals surface area contributed by atoms with Crippen LogP contribution in [0.4, 0.5) is 0 Å². The molecule has 2 nitrogen and oxygen atoms in total. The third kappa shape index (κ3) is 0.877. The fraction of sp³-hybridized carbons (Fsp3) is 0.500. The first-order valence-corrected chi connectivity index (χ1v) is 2.68. The number of allylic oxidation sites excluding steroid dienone is 1. The van der Waals surface area contributed by atoms with E-state index in [2.05, 4.69) is 11.4 Å². The summed E-state index contributed by atoms with van der Waals surface area (Å²) in [5.74, 6) is 0. The van der Waals surface area contributed by atoms with E-state index >= 15 is 0 Å². The molecule has 0 aliphatic carbocycles. The van der Waals surface area contributed by atoms with Crippen LogP contribution in [-0.2, 0) is 0 Å². The third-order valence-corrected chi connectivity index (χ3v) is 1.22. The summed E-state index contributed by atoms with van der Waals surface area (Å²) in [7, 11) is 0. The van der Waals surface area contributed by atoms with Gasteiger partial charge in [-0.05, 0) is 6.92 Å². The molecular weight excluding hydrogens is 100 g/mol. The maximum atomic E-state index is 8.38. The van der Waals surface area contributed by atoms with Crippen LogP contribution in [0.2, 0.25) is 0 Å². The van der Waals surface area contributed by atoms with E-state index in [0.29, 0.717) is 6.04 Å². The standard InChI is InChI=1S/C6H8N2/c1-2-5(3-7)6-4-8-6/h2,6,8H,4H2,1H3/b5-2-. The topological polar surface area (TPSA) is 45.7 Å². The highest BCUT2D eigenvalue weighted by molar-refractivity contribution is 5.30. The summed E-state index contributed by atoms with van der Waals surface area (Å²) in [6.45, 7) is 2.87. The molecule has 1 saturated heterocycles. The SMILES string of the molecule is C/C=C(/C#N)C1CN1. The Balaban J connectivity index is 2.53. The summed E-state index contributed by atoms with van der Waals surface area (Å²) in [6.07, 6.45) is 1.85. The summed E-state index contributed by atoms with van der Waals surface area (Å²) in [5, 5.41) is 11.4. The molecule has 0 aromatic heterocycles. The van der Waals surface area contributed by atoms with Gasteiger partial charge in [-0.2, -0.15) is 5.26 Å². The summed E-state index contributed by atoms with van der Waals surface area (Å²) >= 11 is 0. The van der Waals surface area contributed by atoms with Gasteiger partial charge in [0.1, 0.15) is 0 Å². The zero-order valence-electron chi connectivity index (χ0n) is 4.81. The van der Waals surface area contributed by atoms with E-state index in [4.69, 9.17) is 5.26 Å². The summed E-state index contributed by atoms with van der Waals surface area (Å²) < 4.78 is 0. The number of rotatable bonds is 1. The highest BCUT2D eigenvalue weighted by Crippen LogP contribution is 2.08. The lowest BCUT2D eigenvalue weighted by Crippen LogP contribution is -1.91. The molecule has 1 fully saturated rings. The highest BCUT2D eigenvalue weighted by Gasteiger charge is 2.23. The Morgan fingerprint density at radius 1 is 2.00 bits per heavy atom. The van der Waals surface area contributed by atoms with Crippen molar-refractivity contribution in [3.8, 4) is 6.07 Å². The van der Waals surface area contributed by atoms with Gasteiger partial charge in [-0.1, -0.05) is 6.08 Å². The maximum absolute atomic E-state index is 8.38. The molecule has 1 unspecified atom stereocenters. The van der Waals surface area contributed by atoms with Crippen molar-refractivity contribution < 1.29 is 0 Å². The Labute approximate surface area is 48.8 Å². The molecule has 0 saturated carbocycles. The van der Waals surface area contributed by atoms with E-state index < -0.39 is 0 Å². The highest BCUT2D eigenvalue weighted by atomic mass is 15.1. The molecule has 2 heteroatoms. The van der Waals surface area contributed by atoms with E-state index in [-0.39, 0.29) is 0 Å². The Morgan fingerprint density at radius 3 is 2.75 bits per heavy atom. The first kappa shape index (κ1) is 5.33. The minimum atomic E-state index is 0.380. The van der Waals surface area contributed by atoms with Crippen LogP contribution in [0.15, 0.2) is 11.6 Å². The fourth-order valence-electron chi connectivity index (χ4n) is 0.622. The normalized spacial score (nSPS) is 27.0. The van der Waals surface area contributed by atoms with Crippen molar-refractivity contribution in [2.45, 2.75) is 13.0 Å². The lowest BCUT2D eigenvalue weighted by atomic mass is 10.2. The molecule has 1 aliphatic heterocycles. The zero-order valence-corrected chi connectivity index (χ0v) is 4.81. The molecule has 1 rings (SSSR count). The molecule has 8 heavy (non-hydrogen) atoms. The number of nitriles is 1. The van der Waals surface area contributed by atoms with Crippen molar-refractivity contribution in [3.63, 3.8) is 0 Å². The molecule has 0 aromatic rings. The Hall–Kier alpha value is -0.810. The second-order valence-corrected chi connectivity index (χ2v) is 1.82. The first-order valence-electron chi connectivity index (χ1n) is 2.68. The summed E-state index contributed by atoms with van der Waals surface area (Å²) in [5.41, 5.74) is 0.866. The molecule has 0 bridgehead atoms. The van der Waals surface area contributed by atoms with Gasteiger partial charge >= 0.3 is 0 Å². The van der Waals surface area contributed by atoms with Crippen molar-refractivity contribution in [3.05, 3.63) is 11.6 Å². The van der Waals surface area contributed by atoms with Gasteiger partial charge in [-0.25, -0.2) is 0 Å². The fourth-order valence-corrected chi connectivity index (χ4v) is 0.622. The second-order valence-electron chi connectivity index (χ2n) is 1.82. The zero-order chi connectivity index (χ0) is 5.98. The third-order valence-electron chi connectivity index (χ3n) is 1.22. The predicted molar refractivity (Wildman–Crippen MR) is 31.2 cm³/mol. The van der Waals surface area contributed by atoms with E-state index in [1.807, 2.05) is 13.0 Å². The van der Waals surface area contributed by atoms with Crippen LogP contribution in [0.5, 0.6) is 0 Å². The number of hydrogen-bond acceptors (Lipinski definition) is 2. The van der Waals surface area contributed by atoms with Crippen molar-refractivity contribution in [2.75, 3.05) is 6.54 Å². The van der Waals surface area contributed by atoms with Gasteiger partial charge < -0.3 is 5.32 Å². The van der Waals surface area contributed by atoms with Crippen molar-refractivity contribution in [2.24, 2.45) is 0 Å². The molecule has 1 heterocycles. The van der Waals surface area contributed by atoms with E-state index in [0.717, 1.165) is 12.1 Å². The number of hydrogen-bond donors (Lipinski definition) is 1. The average Bonchev–Trinajstić information content (AvgIpc) is 2.53.